The molecular weight excluding hydrogens is 234 g/mol. The molecule has 0 amide bonds. The number of nitrogens with one attached hydrogen (secondary N) is 1. The number of aliphatic hydroxyl groups excluding tert-OH is 1. The fraction of sp³-hybridized carbons (Fsp3) is 0.833. The molecule has 0 aromatic carbocycles. The first-order valence-electron chi connectivity index (χ1n) is 6.33. The number of hydrogen-bond donors (Lipinski definition) is 2. The Morgan fingerprint density at radius 2 is 2.18 bits per heavy atom. The molecule has 0 atom stereocenters. The second-order valence-corrected chi connectivity index (χ2v) is 6.29. The molecule has 2 rings (SSSR count). The van der Waals surface area contributed by atoms with E-state index in [9.17, 15) is 0 Å². The third-order valence-electron chi connectivity index (χ3n) is 3.61. The molecule has 0 radical (unpaired) electrons. The molecule has 1 saturated carbocycles. The summed E-state index contributed by atoms with van der Waals surface area (Å²) in [6.45, 7) is 5.46. The van der Waals surface area contributed by atoms with Crippen LogP contribution in [-0.4, -0.2) is 28.5 Å². The van der Waals surface area contributed by atoms with Crippen molar-refractivity contribution < 1.29 is 5.11 Å². The lowest BCUT2D eigenvalue weighted by Crippen LogP contribution is -2.37. The molecule has 96 valence electrons. The molecule has 0 saturated heterocycles. The SMILES string of the molecule is CC(C)c1nnc(NCC2(CCO)CCC2)s1. The van der Waals surface area contributed by atoms with E-state index in [4.69, 9.17) is 5.11 Å². The van der Waals surface area contributed by atoms with Crippen LogP contribution in [0.5, 0.6) is 0 Å². The van der Waals surface area contributed by atoms with Gasteiger partial charge in [-0.25, -0.2) is 0 Å². The highest BCUT2D eigenvalue weighted by Crippen LogP contribution is 2.43. The van der Waals surface area contributed by atoms with E-state index in [-0.39, 0.29) is 6.61 Å². The molecule has 0 spiro atoms. The number of anilines is 1. The van der Waals surface area contributed by atoms with Crippen molar-refractivity contribution in [2.45, 2.75) is 45.4 Å². The van der Waals surface area contributed by atoms with Crippen molar-refractivity contribution in [1.29, 1.82) is 0 Å². The predicted octanol–water partition coefficient (Wildman–Crippen LogP) is 2.63. The van der Waals surface area contributed by atoms with Gasteiger partial charge in [0.15, 0.2) is 0 Å². The van der Waals surface area contributed by atoms with E-state index in [0.717, 1.165) is 23.1 Å². The van der Waals surface area contributed by atoms with Crippen molar-refractivity contribution in [2.24, 2.45) is 5.41 Å². The smallest absolute Gasteiger partial charge is 0.205 e. The Hall–Kier alpha value is -0.680. The van der Waals surface area contributed by atoms with Crippen molar-refractivity contribution in [3.05, 3.63) is 5.01 Å². The van der Waals surface area contributed by atoms with Gasteiger partial charge >= 0.3 is 0 Å². The third-order valence-corrected chi connectivity index (χ3v) is 4.79. The first kappa shape index (κ1) is 12.8. The Balaban J connectivity index is 1.88. The zero-order valence-corrected chi connectivity index (χ0v) is 11.4. The highest BCUT2D eigenvalue weighted by molar-refractivity contribution is 7.15. The average molecular weight is 255 g/mol. The first-order valence-corrected chi connectivity index (χ1v) is 7.15. The van der Waals surface area contributed by atoms with E-state index >= 15 is 0 Å². The maximum Gasteiger partial charge on any atom is 0.205 e. The lowest BCUT2D eigenvalue weighted by Gasteiger charge is -2.41. The number of nitrogens with zero attached hydrogens (tertiary/aromatic N) is 2. The van der Waals surface area contributed by atoms with Crippen molar-refractivity contribution >= 4 is 16.5 Å². The van der Waals surface area contributed by atoms with Crippen LogP contribution in [0.4, 0.5) is 5.13 Å². The topological polar surface area (TPSA) is 58.0 Å². The Morgan fingerprint density at radius 1 is 1.41 bits per heavy atom. The summed E-state index contributed by atoms with van der Waals surface area (Å²) >= 11 is 1.64. The Bertz CT molecular complexity index is 360. The van der Waals surface area contributed by atoms with Gasteiger partial charge in [-0.15, -0.1) is 10.2 Å². The number of aromatic nitrogens is 2. The number of aliphatic hydroxyl groups is 1. The van der Waals surface area contributed by atoms with Crippen LogP contribution in [-0.2, 0) is 0 Å². The Labute approximate surface area is 106 Å². The Kier molecular flexibility index (Phi) is 3.99. The maximum atomic E-state index is 9.09. The largest absolute Gasteiger partial charge is 0.396 e. The van der Waals surface area contributed by atoms with Gasteiger partial charge in [-0.2, -0.15) is 0 Å². The predicted molar refractivity (Wildman–Crippen MR) is 70.5 cm³/mol. The summed E-state index contributed by atoms with van der Waals surface area (Å²) in [5.41, 5.74) is 0.304. The third kappa shape index (κ3) is 2.96. The molecule has 5 heteroatoms. The molecule has 1 aromatic heterocycles. The molecule has 0 aliphatic heterocycles. The van der Waals surface area contributed by atoms with Crippen LogP contribution < -0.4 is 5.32 Å². The molecule has 4 nitrogen and oxygen atoms in total. The monoisotopic (exact) mass is 255 g/mol. The van der Waals surface area contributed by atoms with Crippen molar-refractivity contribution in [3.63, 3.8) is 0 Å². The van der Waals surface area contributed by atoms with Crippen LogP contribution in [0.25, 0.3) is 0 Å². The number of hydrogen-bond acceptors (Lipinski definition) is 5. The lowest BCUT2D eigenvalue weighted by atomic mass is 9.67. The standard InChI is InChI=1S/C12H21N3OS/c1-9(2)10-14-15-11(17-10)13-8-12(6-7-16)4-3-5-12/h9,16H,3-8H2,1-2H3,(H,13,15). The van der Waals surface area contributed by atoms with Gasteiger partial charge in [-0.3, -0.25) is 0 Å². The summed E-state index contributed by atoms with van der Waals surface area (Å²) in [7, 11) is 0. The summed E-state index contributed by atoms with van der Waals surface area (Å²) < 4.78 is 0. The maximum absolute atomic E-state index is 9.09. The van der Waals surface area contributed by atoms with Crippen LogP contribution in [0, 0.1) is 5.41 Å². The van der Waals surface area contributed by atoms with E-state index in [2.05, 4.69) is 29.4 Å². The zero-order valence-electron chi connectivity index (χ0n) is 10.6. The highest BCUT2D eigenvalue weighted by Gasteiger charge is 2.36. The molecule has 1 aromatic rings. The molecule has 1 fully saturated rings. The Morgan fingerprint density at radius 3 is 2.65 bits per heavy atom. The van der Waals surface area contributed by atoms with Crippen molar-refractivity contribution in [1.82, 2.24) is 10.2 Å². The molecule has 17 heavy (non-hydrogen) atoms. The van der Waals surface area contributed by atoms with Gasteiger partial charge in [0.1, 0.15) is 5.01 Å². The molecule has 1 aliphatic rings. The summed E-state index contributed by atoms with van der Waals surface area (Å²) in [5, 5.41) is 22.8. The van der Waals surface area contributed by atoms with Gasteiger partial charge in [-0.05, 0) is 24.7 Å². The highest BCUT2D eigenvalue weighted by atomic mass is 32.1. The van der Waals surface area contributed by atoms with E-state index in [1.54, 1.807) is 11.3 Å². The van der Waals surface area contributed by atoms with Crippen LogP contribution in [0.2, 0.25) is 0 Å². The van der Waals surface area contributed by atoms with Gasteiger partial charge < -0.3 is 10.4 Å². The van der Waals surface area contributed by atoms with Crippen LogP contribution in [0.1, 0.15) is 50.5 Å². The van der Waals surface area contributed by atoms with Crippen LogP contribution in [0.3, 0.4) is 0 Å². The van der Waals surface area contributed by atoms with E-state index in [0.29, 0.717) is 11.3 Å². The first-order chi connectivity index (χ1) is 8.15. The molecule has 2 N–H and O–H groups in total. The van der Waals surface area contributed by atoms with Crippen LogP contribution >= 0.6 is 11.3 Å². The summed E-state index contributed by atoms with van der Waals surface area (Å²) in [4.78, 5) is 0. The molecule has 0 bridgehead atoms. The summed E-state index contributed by atoms with van der Waals surface area (Å²) in [6, 6.07) is 0. The molecule has 1 heterocycles. The fourth-order valence-electron chi connectivity index (χ4n) is 2.23. The van der Waals surface area contributed by atoms with Gasteiger partial charge in [-0.1, -0.05) is 31.6 Å². The van der Waals surface area contributed by atoms with Gasteiger partial charge in [0.05, 0.1) is 0 Å². The van der Waals surface area contributed by atoms with Crippen LogP contribution in [0.15, 0.2) is 0 Å². The van der Waals surface area contributed by atoms with Gasteiger partial charge in [0.2, 0.25) is 5.13 Å². The average Bonchev–Trinajstić information content (AvgIpc) is 2.70. The minimum Gasteiger partial charge on any atom is -0.396 e. The van der Waals surface area contributed by atoms with Crippen molar-refractivity contribution in [3.8, 4) is 0 Å². The minimum absolute atomic E-state index is 0.287. The normalized spacial score (nSPS) is 18.1. The molecule has 1 aliphatic carbocycles. The lowest BCUT2D eigenvalue weighted by molar-refractivity contribution is 0.102. The van der Waals surface area contributed by atoms with E-state index < -0.39 is 0 Å². The quantitative estimate of drug-likeness (QED) is 0.820. The second kappa shape index (κ2) is 5.31. The number of rotatable bonds is 6. The second-order valence-electron chi connectivity index (χ2n) is 5.28. The summed E-state index contributed by atoms with van der Waals surface area (Å²) in [6.07, 6.45) is 4.62. The fourth-order valence-corrected chi connectivity index (χ4v) is 2.97. The van der Waals surface area contributed by atoms with E-state index in [1.807, 2.05) is 0 Å². The molecular formula is C12H21N3OS. The zero-order chi connectivity index (χ0) is 12.3. The minimum atomic E-state index is 0.287. The van der Waals surface area contributed by atoms with Crippen molar-refractivity contribution in [2.75, 3.05) is 18.5 Å². The van der Waals surface area contributed by atoms with Gasteiger partial charge in [0, 0.05) is 19.1 Å². The summed E-state index contributed by atoms with van der Waals surface area (Å²) in [5.74, 6) is 0.443. The molecule has 0 unspecified atom stereocenters. The van der Waals surface area contributed by atoms with E-state index in [1.165, 1.54) is 19.3 Å². The van der Waals surface area contributed by atoms with Gasteiger partial charge in [0.25, 0.3) is 0 Å².